The second kappa shape index (κ2) is 13.8. The van der Waals surface area contributed by atoms with Crippen LogP contribution in [-0.4, -0.2) is 85.7 Å². The van der Waals surface area contributed by atoms with Gasteiger partial charge in [0.2, 0.25) is 11.9 Å². The fraction of sp³-hybridized carbons (Fsp3) is 0.394. The van der Waals surface area contributed by atoms with Gasteiger partial charge in [-0.1, -0.05) is 20.4 Å². The molecule has 0 spiro atoms. The number of rotatable bonds is 12. The summed E-state index contributed by atoms with van der Waals surface area (Å²) in [7, 11) is 7.47. The summed E-state index contributed by atoms with van der Waals surface area (Å²) in [6.45, 7) is 13.1. The number of nitrogens with zero attached hydrogens (tertiary/aromatic N) is 7. The number of likely N-dealkylation sites (N-methyl/N-ethyl adjacent to an activating group) is 2. The minimum Gasteiger partial charge on any atom is -0.494 e. The highest BCUT2D eigenvalue weighted by molar-refractivity contribution is 6.02. The molecule has 3 aromatic rings. The molecule has 1 aliphatic rings. The Bertz CT molecular complexity index is 1680. The zero-order valence-corrected chi connectivity index (χ0v) is 27.6. The third-order valence-corrected chi connectivity index (χ3v) is 7.36. The Balaban J connectivity index is 1.81. The molecule has 0 fully saturated rings. The molecule has 4 rings (SSSR count). The summed E-state index contributed by atoms with van der Waals surface area (Å²) in [6, 6.07) is 9.12. The normalized spacial score (nSPS) is 13.2. The Morgan fingerprint density at radius 2 is 1.91 bits per heavy atom. The van der Waals surface area contributed by atoms with Crippen LogP contribution in [0.5, 0.6) is 5.75 Å². The van der Waals surface area contributed by atoms with Crippen LogP contribution < -0.4 is 25.2 Å². The van der Waals surface area contributed by atoms with E-state index in [0.29, 0.717) is 41.7 Å². The van der Waals surface area contributed by atoms with Crippen molar-refractivity contribution >= 4 is 46.4 Å². The van der Waals surface area contributed by atoms with Crippen molar-refractivity contribution in [3.63, 3.8) is 0 Å². The average molecular weight is 628 g/mol. The highest BCUT2D eigenvalue weighted by Crippen LogP contribution is 2.44. The molecule has 1 amide bonds. The first kappa shape index (κ1) is 33.7. The number of anilines is 6. The number of pyridine rings is 1. The van der Waals surface area contributed by atoms with Gasteiger partial charge in [-0.3, -0.25) is 4.79 Å². The number of amides is 1. The van der Waals surface area contributed by atoms with E-state index in [-0.39, 0.29) is 23.5 Å². The molecule has 0 aliphatic carbocycles. The van der Waals surface area contributed by atoms with Gasteiger partial charge >= 0.3 is 5.97 Å². The maximum atomic E-state index is 13.3. The molecule has 242 valence electrons. The summed E-state index contributed by atoms with van der Waals surface area (Å²) in [6.07, 6.45) is 2.27. The summed E-state index contributed by atoms with van der Waals surface area (Å²) in [5.41, 5.74) is 3.24. The lowest BCUT2D eigenvalue weighted by Crippen LogP contribution is -2.29. The van der Waals surface area contributed by atoms with Crippen molar-refractivity contribution in [1.82, 2.24) is 19.9 Å². The Morgan fingerprint density at radius 1 is 1.17 bits per heavy atom. The van der Waals surface area contributed by atoms with Gasteiger partial charge in [-0.2, -0.15) is 10.2 Å². The van der Waals surface area contributed by atoms with E-state index in [4.69, 9.17) is 14.5 Å². The third kappa shape index (κ3) is 7.35. The number of carbonyl (C=O) groups excluding carboxylic acids is 2. The van der Waals surface area contributed by atoms with Gasteiger partial charge in [0.15, 0.2) is 5.82 Å². The first-order valence-corrected chi connectivity index (χ1v) is 14.8. The van der Waals surface area contributed by atoms with Gasteiger partial charge in [0.05, 0.1) is 41.7 Å². The standard InChI is InChI=1S/C33H41N9O4/c1-10-28(43)37-23-15-24(27(45-9)16-26(23)41(8)14-13-40(6)7)38-32-35-18-22(31(44)46-20(2)3)30(39-32)42-19-33(4,5)29-25(42)12-11-21(17-34)36-29/h10-12,15-16,18,20H,1,13-14,19H2,2-9H3,(H,37,43)(H,35,38,39). The fourth-order valence-corrected chi connectivity index (χ4v) is 5.06. The molecule has 0 atom stereocenters. The zero-order chi connectivity index (χ0) is 33.8. The largest absolute Gasteiger partial charge is 0.494 e. The highest BCUT2D eigenvalue weighted by Gasteiger charge is 2.40. The summed E-state index contributed by atoms with van der Waals surface area (Å²) >= 11 is 0. The van der Waals surface area contributed by atoms with Crippen molar-refractivity contribution < 1.29 is 19.1 Å². The molecule has 13 nitrogen and oxygen atoms in total. The van der Waals surface area contributed by atoms with Gasteiger partial charge in [0, 0.05) is 44.4 Å². The minimum atomic E-state index is -0.568. The van der Waals surface area contributed by atoms with E-state index >= 15 is 0 Å². The predicted octanol–water partition coefficient (Wildman–Crippen LogP) is 4.61. The monoisotopic (exact) mass is 627 g/mol. The fourth-order valence-electron chi connectivity index (χ4n) is 5.06. The number of carbonyl (C=O) groups is 2. The second-order valence-corrected chi connectivity index (χ2v) is 12.1. The molecule has 13 heteroatoms. The lowest BCUT2D eigenvalue weighted by atomic mass is 9.91. The van der Waals surface area contributed by atoms with Crippen molar-refractivity contribution in [3.8, 4) is 11.8 Å². The van der Waals surface area contributed by atoms with Gasteiger partial charge < -0.3 is 34.8 Å². The molecule has 3 heterocycles. The van der Waals surface area contributed by atoms with Crippen LogP contribution in [0.1, 0.15) is 49.4 Å². The number of nitriles is 1. The van der Waals surface area contributed by atoms with Gasteiger partial charge in [0.25, 0.3) is 0 Å². The quantitative estimate of drug-likeness (QED) is 0.213. The number of esters is 1. The van der Waals surface area contributed by atoms with Crippen LogP contribution in [0.2, 0.25) is 0 Å². The summed E-state index contributed by atoms with van der Waals surface area (Å²) < 4.78 is 11.3. The van der Waals surface area contributed by atoms with Crippen molar-refractivity contribution in [2.75, 3.05) is 68.3 Å². The maximum Gasteiger partial charge on any atom is 0.343 e. The lowest BCUT2D eigenvalue weighted by molar-refractivity contribution is -0.111. The molecular weight excluding hydrogens is 586 g/mol. The molecule has 2 aromatic heterocycles. The van der Waals surface area contributed by atoms with Crippen molar-refractivity contribution in [3.05, 3.63) is 60.1 Å². The van der Waals surface area contributed by atoms with Gasteiger partial charge in [-0.25, -0.2) is 14.8 Å². The first-order valence-electron chi connectivity index (χ1n) is 14.8. The molecule has 1 aromatic carbocycles. The smallest absolute Gasteiger partial charge is 0.343 e. The molecule has 0 bridgehead atoms. The van der Waals surface area contributed by atoms with Gasteiger partial charge in [0.1, 0.15) is 23.1 Å². The van der Waals surface area contributed by atoms with E-state index in [1.165, 1.54) is 12.3 Å². The zero-order valence-electron chi connectivity index (χ0n) is 27.6. The van der Waals surface area contributed by atoms with E-state index in [1.807, 2.05) is 56.9 Å². The van der Waals surface area contributed by atoms with Crippen LogP contribution in [0.4, 0.5) is 34.5 Å². The van der Waals surface area contributed by atoms with E-state index < -0.39 is 11.4 Å². The maximum absolute atomic E-state index is 13.3. The molecular formula is C33H41N9O4. The Morgan fingerprint density at radius 3 is 2.54 bits per heavy atom. The predicted molar refractivity (Wildman–Crippen MR) is 178 cm³/mol. The van der Waals surface area contributed by atoms with E-state index in [1.54, 1.807) is 33.1 Å². The average Bonchev–Trinajstić information content (AvgIpc) is 3.28. The number of hydrogen-bond donors (Lipinski definition) is 2. The Labute approximate surface area is 269 Å². The Hall–Kier alpha value is -5.22. The van der Waals surface area contributed by atoms with Crippen molar-refractivity contribution in [2.24, 2.45) is 0 Å². The number of nitrogens with one attached hydrogen (secondary N) is 2. The number of hydrogen-bond acceptors (Lipinski definition) is 12. The summed E-state index contributed by atoms with van der Waals surface area (Å²) in [4.78, 5) is 45.5. The molecule has 0 unspecified atom stereocenters. The highest BCUT2D eigenvalue weighted by atomic mass is 16.5. The van der Waals surface area contributed by atoms with Crippen LogP contribution in [0.15, 0.2) is 43.1 Å². The summed E-state index contributed by atoms with van der Waals surface area (Å²) in [5.74, 6) is 0.0465. The number of benzene rings is 1. The van der Waals surface area contributed by atoms with Gasteiger partial charge in [-0.05, 0) is 52.2 Å². The second-order valence-electron chi connectivity index (χ2n) is 12.1. The van der Waals surface area contributed by atoms with E-state index in [2.05, 4.69) is 38.1 Å². The summed E-state index contributed by atoms with van der Waals surface area (Å²) in [5, 5.41) is 15.6. The molecule has 0 radical (unpaired) electrons. The third-order valence-electron chi connectivity index (χ3n) is 7.36. The van der Waals surface area contributed by atoms with Crippen LogP contribution in [0.3, 0.4) is 0 Å². The van der Waals surface area contributed by atoms with E-state index in [9.17, 15) is 14.9 Å². The molecule has 0 saturated heterocycles. The molecule has 2 N–H and O–H groups in total. The van der Waals surface area contributed by atoms with Crippen LogP contribution in [0, 0.1) is 11.3 Å². The lowest BCUT2D eigenvalue weighted by Gasteiger charge is -2.26. The number of ether oxygens (including phenoxy) is 2. The van der Waals surface area contributed by atoms with Crippen LogP contribution >= 0.6 is 0 Å². The first-order chi connectivity index (χ1) is 21.8. The number of aromatic nitrogens is 3. The number of fused-ring (bicyclic) bond motifs is 1. The SMILES string of the molecule is C=CC(=O)Nc1cc(Nc2ncc(C(=O)OC(C)C)c(N3CC(C)(C)c4nc(C#N)ccc43)n2)c(OC)cc1N(C)CCN(C)C. The van der Waals surface area contributed by atoms with Crippen LogP contribution in [-0.2, 0) is 14.9 Å². The van der Waals surface area contributed by atoms with Crippen molar-refractivity contribution in [1.29, 1.82) is 5.26 Å². The van der Waals surface area contributed by atoms with Crippen molar-refractivity contribution in [2.45, 2.75) is 39.2 Å². The molecule has 1 aliphatic heterocycles. The Kier molecular flexibility index (Phi) is 10.1. The number of methoxy groups -OCH3 is 1. The van der Waals surface area contributed by atoms with Crippen LogP contribution in [0.25, 0.3) is 0 Å². The van der Waals surface area contributed by atoms with Gasteiger partial charge in [-0.15, -0.1) is 0 Å². The molecule has 0 saturated carbocycles. The minimum absolute atomic E-state index is 0.177. The topological polar surface area (TPSA) is 149 Å². The molecule has 46 heavy (non-hydrogen) atoms. The van der Waals surface area contributed by atoms with E-state index in [0.717, 1.165) is 23.6 Å².